The molecule has 7 nitrogen and oxygen atoms in total. The topological polar surface area (TPSA) is 83.3 Å². The molecule has 1 aromatic heterocycles. The second-order valence-corrected chi connectivity index (χ2v) is 6.29. The van der Waals surface area contributed by atoms with E-state index < -0.39 is 0 Å². The molecule has 8 heteroatoms. The quantitative estimate of drug-likeness (QED) is 0.886. The van der Waals surface area contributed by atoms with Gasteiger partial charge < -0.3 is 15.3 Å². The highest BCUT2D eigenvalue weighted by atomic mass is 19.1. The highest BCUT2D eigenvalue weighted by Crippen LogP contribution is 2.22. The molecule has 1 atom stereocenters. The van der Waals surface area contributed by atoms with Crippen molar-refractivity contribution >= 4 is 6.03 Å². The molecule has 0 radical (unpaired) electrons. The van der Waals surface area contributed by atoms with Gasteiger partial charge in [-0.05, 0) is 37.5 Å². The summed E-state index contributed by atoms with van der Waals surface area (Å²) in [6.45, 7) is 3.01. The number of benzene rings is 1. The Morgan fingerprint density at radius 2 is 2.04 bits per heavy atom. The van der Waals surface area contributed by atoms with E-state index in [9.17, 15) is 9.18 Å². The molecular weight excluding hydrogens is 325 g/mol. The van der Waals surface area contributed by atoms with E-state index in [2.05, 4.69) is 15.6 Å². The molecule has 2 N–H and O–H groups in total. The van der Waals surface area contributed by atoms with Gasteiger partial charge in [-0.2, -0.15) is 0 Å². The van der Waals surface area contributed by atoms with E-state index in [0.29, 0.717) is 18.8 Å². The maximum Gasteiger partial charge on any atom is 0.317 e. The summed E-state index contributed by atoms with van der Waals surface area (Å²) in [6.07, 6.45) is 3.32. The number of aliphatic hydroxyl groups is 1. The number of carbonyl (C=O) groups is 1. The number of nitrogens with zero attached hydrogens (tertiary/aromatic N) is 4. The number of nitrogens with one attached hydrogen (secondary N) is 1. The fraction of sp³-hybridized carbons (Fsp3) is 0.471. The van der Waals surface area contributed by atoms with Crippen LogP contribution in [0.2, 0.25) is 0 Å². The molecule has 0 unspecified atom stereocenters. The van der Waals surface area contributed by atoms with Crippen molar-refractivity contribution in [3.05, 3.63) is 47.5 Å². The lowest BCUT2D eigenvalue weighted by Crippen LogP contribution is -2.45. The lowest BCUT2D eigenvalue weighted by atomic mass is 10.1. The number of hydrogen-bond donors (Lipinski definition) is 2. The van der Waals surface area contributed by atoms with Crippen LogP contribution in [0.3, 0.4) is 0 Å². The molecule has 134 valence electrons. The average molecular weight is 347 g/mol. The number of likely N-dealkylation sites (tertiary alicyclic amines) is 1. The molecule has 25 heavy (non-hydrogen) atoms. The van der Waals surface area contributed by atoms with Gasteiger partial charge in [0.05, 0.1) is 24.9 Å². The Morgan fingerprint density at radius 3 is 2.64 bits per heavy atom. The van der Waals surface area contributed by atoms with Crippen molar-refractivity contribution in [1.29, 1.82) is 0 Å². The van der Waals surface area contributed by atoms with Gasteiger partial charge in [0.25, 0.3) is 0 Å². The second-order valence-electron chi connectivity index (χ2n) is 6.29. The number of halogens is 1. The molecule has 2 heterocycles. The maximum atomic E-state index is 13.0. The lowest BCUT2D eigenvalue weighted by Gasteiger charge is -2.32. The van der Waals surface area contributed by atoms with E-state index in [-0.39, 0.29) is 30.5 Å². The summed E-state index contributed by atoms with van der Waals surface area (Å²) in [4.78, 5) is 14.2. The Bertz CT molecular complexity index is 710. The van der Waals surface area contributed by atoms with Gasteiger partial charge in [0.2, 0.25) is 0 Å². The third-order valence-corrected chi connectivity index (χ3v) is 4.56. The van der Waals surface area contributed by atoms with Crippen molar-refractivity contribution in [1.82, 2.24) is 25.2 Å². The van der Waals surface area contributed by atoms with Gasteiger partial charge in [0.1, 0.15) is 11.5 Å². The molecule has 3 rings (SSSR count). The van der Waals surface area contributed by atoms with Crippen molar-refractivity contribution in [2.75, 3.05) is 13.1 Å². The van der Waals surface area contributed by atoms with Crippen molar-refractivity contribution in [2.24, 2.45) is 0 Å². The van der Waals surface area contributed by atoms with Crippen LogP contribution < -0.4 is 5.32 Å². The second kappa shape index (κ2) is 7.60. The Labute approximate surface area is 145 Å². The SMILES string of the molecule is C[C@@H](NC(=O)N1CCC(n2cc(CO)nn2)CC1)c1ccc(F)cc1. The predicted octanol–water partition coefficient (Wildman–Crippen LogP) is 2.02. The third-order valence-electron chi connectivity index (χ3n) is 4.56. The number of piperidine rings is 1. The summed E-state index contributed by atoms with van der Waals surface area (Å²) in [6, 6.07) is 6.01. The van der Waals surface area contributed by atoms with Crippen molar-refractivity contribution in [3.63, 3.8) is 0 Å². The first kappa shape index (κ1) is 17.3. The molecule has 0 aliphatic carbocycles. The van der Waals surface area contributed by atoms with E-state index in [0.717, 1.165) is 18.4 Å². The normalized spacial score (nSPS) is 16.7. The zero-order valence-electron chi connectivity index (χ0n) is 14.1. The van der Waals surface area contributed by atoms with Crippen molar-refractivity contribution < 1.29 is 14.3 Å². The van der Waals surface area contributed by atoms with Crippen LogP contribution in [0.4, 0.5) is 9.18 Å². The van der Waals surface area contributed by atoms with E-state index in [1.54, 1.807) is 27.9 Å². The van der Waals surface area contributed by atoms with Gasteiger partial charge in [-0.15, -0.1) is 5.10 Å². The molecular formula is C17H22FN5O2. The summed E-state index contributed by atoms with van der Waals surface area (Å²) in [5.41, 5.74) is 1.41. The van der Waals surface area contributed by atoms with Crippen molar-refractivity contribution in [3.8, 4) is 0 Å². The molecule has 1 saturated heterocycles. The van der Waals surface area contributed by atoms with Crippen LogP contribution in [0.1, 0.15) is 43.1 Å². The van der Waals surface area contributed by atoms with E-state index in [1.165, 1.54) is 12.1 Å². The van der Waals surface area contributed by atoms with Crippen LogP contribution in [0, 0.1) is 5.82 Å². The highest BCUT2D eigenvalue weighted by Gasteiger charge is 2.25. The smallest absolute Gasteiger partial charge is 0.317 e. The van der Waals surface area contributed by atoms with E-state index in [4.69, 9.17) is 5.11 Å². The minimum atomic E-state index is -0.290. The highest BCUT2D eigenvalue weighted by molar-refractivity contribution is 5.74. The molecule has 1 aromatic carbocycles. The molecule has 0 saturated carbocycles. The Balaban J connectivity index is 1.51. The first-order valence-corrected chi connectivity index (χ1v) is 8.39. The molecule has 1 fully saturated rings. The minimum Gasteiger partial charge on any atom is -0.390 e. The molecule has 2 amide bonds. The number of urea groups is 1. The zero-order chi connectivity index (χ0) is 17.8. The van der Waals surface area contributed by atoms with Gasteiger partial charge in [0.15, 0.2) is 0 Å². The van der Waals surface area contributed by atoms with Gasteiger partial charge >= 0.3 is 6.03 Å². The third kappa shape index (κ3) is 4.14. The number of rotatable bonds is 4. The largest absolute Gasteiger partial charge is 0.390 e. The molecule has 2 aromatic rings. The number of amides is 2. The standard InChI is InChI=1S/C17H22FN5O2/c1-12(13-2-4-14(18)5-3-13)19-17(25)22-8-6-16(7-9-22)23-10-15(11-24)20-21-23/h2-5,10,12,16,24H,6-9,11H2,1H3,(H,19,25)/t12-/m1/s1. The summed E-state index contributed by atoms with van der Waals surface area (Å²) >= 11 is 0. The summed E-state index contributed by atoms with van der Waals surface area (Å²) in [5, 5.41) is 19.9. The molecule has 0 bridgehead atoms. The number of hydrogen-bond acceptors (Lipinski definition) is 4. The van der Waals surface area contributed by atoms with Crippen LogP contribution in [-0.4, -0.2) is 44.1 Å². The van der Waals surface area contributed by atoms with Gasteiger partial charge in [-0.3, -0.25) is 0 Å². The van der Waals surface area contributed by atoms with Crippen LogP contribution in [-0.2, 0) is 6.61 Å². The summed E-state index contributed by atoms with van der Waals surface area (Å²) < 4.78 is 14.7. The zero-order valence-corrected chi connectivity index (χ0v) is 14.1. The Kier molecular flexibility index (Phi) is 5.28. The van der Waals surface area contributed by atoms with Crippen molar-refractivity contribution in [2.45, 2.75) is 38.5 Å². The maximum absolute atomic E-state index is 13.0. The lowest BCUT2D eigenvalue weighted by molar-refractivity contribution is 0.165. The fourth-order valence-corrected chi connectivity index (χ4v) is 3.01. The first-order chi connectivity index (χ1) is 12.1. The van der Waals surface area contributed by atoms with E-state index >= 15 is 0 Å². The monoisotopic (exact) mass is 347 g/mol. The van der Waals surface area contributed by atoms with Crippen LogP contribution in [0.15, 0.2) is 30.5 Å². The van der Waals surface area contributed by atoms with Gasteiger partial charge in [-0.25, -0.2) is 13.9 Å². The number of aliphatic hydroxyl groups excluding tert-OH is 1. The predicted molar refractivity (Wildman–Crippen MR) is 89.1 cm³/mol. The van der Waals surface area contributed by atoms with Gasteiger partial charge in [0, 0.05) is 13.1 Å². The first-order valence-electron chi connectivity index (χ1n) is 8.39. The van der Waals surface area contributed by atoms with Crippen LogP contribution in [0.5, 0.6) is 0 Å². The van der Waals surface area contributed by atoms with Crippen LogP contribution >= 0.6 is 0 Å². The molecule has 1 aliphatic heterocycles. The Morgan fingerprint density at radius 1 is 1.36 bits per heavy atom. The molecule has 1 aliphatic rings. The summed E-state index contributed by atoms with van der Waals surface area (Å²) in [7, 11) is 0. The number of aromatic nitrogens is 3. The fourth-order valence-electron chi connectivity index (χ4n) is 3.01. The Hall–Kier alpha value is -2.48. The minimum absolute atomic E-state index is 0.120. The van der Waals surface area contributed by atoms with E-state index in [1.807, 2.05) is 6.92 Å². The van der Waals surface area contributed by atoms with Crippen LogP contribution in [0.25, 0.3) is 0 Å². The van der Waals surface area contributed by atoms with Gasteiger partial charge in [-0.1, -0.05) is 17.3 Å². The molecule has 0 spiro atoms. The number of carbonyl (C=O) groups excluding carboxylic acids is 1. The average Bonchev–Trinajstić information content (AvgIpc) is 3.11. The summed E-state index contributed by atoms with van der Waals surface area (Å²) in [5.74, 6) is -0.290.